The van der Waals surface area contributed by atoms with E-state index in [1.54, 1.807) is 0 Å². The maximum Gasteiger partial charge on any atom is 0.152 e. The van der Waals surface area contributed by atoms with E-state index >= 15 is 0 Å². The van der Waals surface area contributed by atoms with Gasteiger partial charge in [-0.3, -0.25) is 4.79 Å². The van der Waals surface area contributed by atoms with Gasteiger partial charge in [-0.2, -0.15) is 0 Å². The standard InChI is InChI=1S/C4H6O.Ru/c1-3-4(2)5;/h3H,1H2,2H3;. The molecular weight excluding hydrogens is 165 g/mol. The van der Waals surface area contributed by atoms with Crippen LogP contribution in [0, 0.1) is 0 Å². The summed E-state index contributed by atoms with van der Waals surface area (Å²) in [6.45, 7) is 4.68. The van der Waals surface area contributed by atoms with Crippen LogP contribution in [0.3, 0.4) is 0 Å². The maximum absolute atomic E-state index is 9.69. The fourth-order valence-electron chi connectivity index (χ4n) is 0. The molecule has 0 radical (unpaired) electrons. The van der Waals surface area contributed by atoms with Gasteiger partial charge in [0.2, 0.25) is 0 Å². The monoisotopic (exact) mass is 172 g/mol. The molecule has 0 spiro atoms. The molecule has 0 aliphatic heterocycles. The maximum atomic E-state index is 9.69. The topological polar surface area (TPSA) is 17.1 Å². The normalized spacial score (nSPS) is 5.50. The van der Waals surface area contributed by atoms with Crippen LogP contribution in [0.15, 0.2) is 12.7 Å². The average Bonchev–Trinajstić information content (AvgIpc) is 1.38. The van der Waals surface area contributed by atoms with Gasteiger partial charge in [-0.1, -0.05) is 6.58 Å². The molecule has 2 heteroatoms. The molecule has 0 saturated heterocycles. The van der Waals surface area contributed by atoms with Gasteiger partial charge in [-0.15, -0.1) is 0 Å². The van der Waals surface area contributed by atoms with E-state index in [0.29, 0.717) is 0 Å². The summed E-state index contributed by atoms with van der Waals surface area (Å²) in [5, 5.41) is 0. The number of carbonyl (C=O) groups is 1. The van der Waals surface area contributed by atoms with E-state index < -0.39 is 0 Å². The first-order valence-electron chi connectivity index (χ1n) is 1.40. The first-order chi connectivity index (χ1) is 2.27. The molecule has 0 heterocycles. The molecule has 0 bridgehead atoms. The SMILES string of the molecule is C=CC(C)=O.[Ru]. The van der Waals surface area contributed by atoms with Crippen LogP contribution in [0.2, 0.25) is 0 Å². The Morgan fingerprint density at radius 1 is 1.83 bits per heavy atom. The zero-order valence-electron chi connectivity index (χ0n) is 3.55. The van der Waals surface area contributed by atoms with Crippen LogP contribution in [0.5, 0.6) is 0 Å². The van der Waals surface area contributed by atoms with E-state index in [9.17, 15) is 4.79 Å². The minimum absolute atomic E-state index is 0. The second-order valence-electron chi connectivity index (χ2n) is 0.815. The minimum atomic E-state index is 0. The van der Waals surface area contributed by atoms with Crippen LogP contribution in [0.4, 0.5) is 0 Å². The van der Waals surface area contributed by atoms with Crippen molar-refractivity contribution in [1.82, 2.24) is 0 Å². The summed E-state index contributed by atoms with van der Waals surface area (Å²) in [6, 6.07) is 0. The van der Waals surface area contributed by atoms with Gasteiger partial charge in [0.1, 0.15) is 0 Å². The van der Waals surface area contributed by atoms with E-state index in [-0.39, 0.29) is 25.3 Å². The molecule has 0 fully saturated rings. The fourth-order valence-corrected chi connectivity index (χ4v) is 0. The second kappa shape index (κ2) is 5.03. The van der Waals surface area contributed by atoms with E-state index in [2.05, 4.69) is 6.58 Å². The van der Waals surface area contributed by atoms with E-state index in [1.807, 2.05) is 0 Å². The Bertz CT molecular complexity index is 58.6. The molecule has 0 atom stereocenters. The predicted octanol–water partition coefficient (Wildman–Crippen LogP) is 0.759. The van der Waals surface area contributed by atoms with Crippen LogP contribution in [0.1, 0.15) is 6.92 Å². The van der Waals surface area contributed by atoms with Crippen LogP contribution < -0.4 is 0 Å². The number of ketones is 1. The third kappa shape index (κ3) is 8.98. The quantitative estimate of drug-likeness (QED) is 0.420. The van der Waals surface area contributed by atoms with Crippen molar-refractivity contribution in [1.29, 1.82) is 0 Å². The molecule has 36 valence electrons. The summed E-state index contributed by atoms with van der Waals surface area (Å²) >= 11 is 0. The molecular formula is C4H6ORu. The van der Waals surface area contributed by atoms with Gasteiger partial charge in [0.15, 0.2) is 5.78 Å². The third-order valence-corrected chi connectivity index (χ3v) is 0.287. The molecule has 0 aliphatic rings. The summed E-state index contributed by atoms with van der Waals surface area (Å²) < 4.78 is 0. The van der Waals surface area contributed by atoms with Crippen molar-refractivity contribution in [3.63, 3.8) is 0 Å². The van der Waals surface area contributed by atoms with Gasteiger partial charge in [-0.05, 0) is 13.0 Å². The minimum Gasteiger partial charge on any atom is -0.295 e. The zero-order chi connectivity index (χ0) is 4.28. The first kappa shape index (κ1) is 9.40. The molecule has 0 aromatic carbocycles. The Labute approximate surface area is 50.2 Å². The van der Waals surface area contributed by atoms with Crippen LogP contribution in [0.25, 0.3) is 0 Å². The Morgan fingerprint density at radius 3 is 2.00 bits per heavy atom. The molecule has 0 aromatic heterocycles. The van der Waals surface area contributed by atoms with Gasteiger partial charge < -0.3 is 0 Å². The van der Waals surface area contributed by atoms with Gasteiger partial charge in [-0.25, -0.2) is 0 Å². The van der Waals surface area contributed by atoms with Crippen LogP contribution in [-0.4, -0.2) is 5.78 Å². The van der Waals surface area contributed by atoms with Gasteiger partial charge >= 0.3 is 0 Å². The van der Waals surface area contributed by atoms with Crippen molar-refractivity contribution >= 4 is 5.78 Å². The number of rotatable bonds is 1. The summed E-state index contributed by atoms with van der Waals surface area (Å²) in [7, 11) is 0. The van der Waals surface area contributed by atoms with Crippen molar-refractivity contribution in [3.05, 3.63) is 12.7 Å². The Morgan fingerprint density at radius 2 is 2.00 bits per heavy atom. The van der Waals surface area contributed by atoms with E-state index in [1.165, 1.54) is 13.0 Å². The van der Waals surface area contributed by atoms with Crippen LogP contribution >= 0.6 is 0 Å². The largest absolute Gasteiger partial charge is 0.295 e. The Kier molecular flexibility index (Phi) is 7.88. The van der Waals surface area contributed by atoms with Crippen molar-refractivity contribution in [2.24, 2.45) is 0 Å². The van der Waals surface area contributed by atoms with Gasteiger partial charge in [0, 0.05) is 19.5 Å². The van der Waals surface area contributed by atoms with Crippen molar-refractivity contribution in [3.8, 4) is 0 Å². The number of hydrogen-bond acceptors (Lipinski definition) is 1. The Balaban J connectivity index is 0. The predicted molar refractivity (Wildman–Crippen MR) is 20.9 cm³/mol. The molecule has 0 aromatic rings. The average molecular weight is 171 g/mol. The molecule has 0 unspecified atom stereocenters. The van der Waals surface area contributed by atoms with Crippen LogP contribution in [-0.2, 0) is 24.3 Å². The van der Waals surface area contributed by atoms with Gasteiger partial charge in [0.25, 0.3) is 0 Å². The molecule has 0 aliphatic carbocycles. The number of carbonyl (C=O) groups excluding carboxylic acids is 1. The first-order valence-corrected chi connectivity index (χ1v) is 1.40. The smallest absolute Gasteiger partial charge is 0.152 e. The van der Waals surface area contributed by atoms with Crippen molar-refractivity contribution < 1.29 is 24.3 Å². The van der Waals surface area contributed by atoms with Gasteiger partial charge in [0.05, 0.1) is 0 Å². The molecule has 6 heavy (non-hydrogen) atoms. The van der Waals surface area contributed by atoms with Crippen molar-refractivity contribution in [2.75, 3.05) is 0 Å². The molecule has 0 amide bonds. The molecule has 1 nitrogen and oxygen atoms in total. The number of allylic oxidation sites excluding steroid dienone is 1. The molecule has 0 rings (SSSR count). The van der Waals surface area contributed by atoms with E-state index in [4.69, 9.17) is 0 Å². The van der Waals surface area contributed by atoms with Crippen molar-refractivity contribution in [2.45, 2.75) is 6.92 Å². The summed E-state index contributed by atoms with van der Waals surface area (Å²) in [5.74, 6) is 0.0185. The second-order valence-corrected chi connectivity index (χ2v) is 0.815. The fraction of sp³-hybridized carbons (Fsp3) is 0.250. The molecule has 0 N–H and O–H groups in total. The summed E-state index contributed by atoms with van der Waals surface area (Å²) in [5.41, 5.74) is 0. The zero-order valence-corrected chi connectivity index (χ0v) is 5.28. The number of hydrogen-bond donors (Lipinski definition) is 0. The molecule has 0 saturated carbocycles. The third-order valence-electron chi connectivity index (χ3n) is 0.287. The summed E-state index contributed by atoms with van der Waals surface area (Å²) in [6.07, 6.45) is 1.28. The van der Waals surface area contributed by atoms with E-state index in [0.717, 1.165) is 0 Å². The summed E-state index contributed by atoms with van der Waals surface area (Å²) in [4.78, 5) is 9.69. The Hall–Kier alpha value is 0.0334.